The Morgan fingerprint density at radius 3 is 2.48 bits per heavy atom. The zero-order valence-electron chi connectivity index (χ0n) is 13.6. The van der Waals surface area contributed by atoms with Crippen molar-refractivity contribution in [3.05, 3.63) is 88.2 Å². The zero-order chi connectivity index (χ0) is 17.8. The minimum atomic E-state index is -0.441. The van der Waals surface area contributed by atoms with Crippen LogP contribution in [0.3, 0.4) is 0 Å². The Morgan fingerprint density at radius 2 is 1.88 bits per heavy atom. The molecule has 1 atom stereocenters. The number of aryl methyl sites for hydroxylation is 1. The first-order valence-corrected chi connectivity index (χ1v) is 8.59. The SMILES string of the molecule is Cn1ccnc1C(NC(=O)Cc1ccc(Br)cc1)c1ccc(F)cc1. The summed E-state index contributed by atoms with van der Waals surface area (Å²) in [6, 6.07) is 13.2. The summed E-state index contributed by atoms with van der Waals surface area (Å²) in [5.41, 5.74) is 1.69. The maximum atomic E-state index is 13.2. The molecule has 0 spiro atoms. The van der Waals surface area contributed by atoms with E-state index in [1.807, 2.05) is 42.1 Å². The van der Waals surface area contributed by atoms with Crippen LogP contribution in [0.15, 0.2) is 65.4 Å². The smallest absolute Gasteiger partial charge is 0.225 e. The van der Waals surface area contributed by atoms with Crippen molar-refractivity contribution in [2.75, 3.05) is 0 Å². The molecule has 0 bridgehead atoms. The summed E-state index contributed by atoms with van der Waals surface area (Å²) < 4.78 is 16.1. The number of nitrogens with zero attached hydrogens (tertiary/aromatic N) is 2. The fourth-order valence-corrected chi connectivity index (χ4v) is 2.87. The van der Waals surface area contributed by atoms with Crippen LogP contribution in [0.2, 0.25) is 0 Å². The van der Waals surface area contributed by atoms with Gasteiger partial charge in [-0.1, -0.05) is 40.2 Å². The molecule has 128 valence electrons. The van der Waals surface area contributed by atoms with Crippen molar-refractivity contribution in [2.45, 2.75) is 12.5 Å². The second-order valence-corrected chi connectivity index (χ2v) is 6.67. The van der Waals surface area contributed by atoms with Crippen molar-refractivity contribution < 1.29 is 9.18 Å². The number of benzene rings is 2. The summed E-state index contributed by atoms with van der Waals surface area (Å²) in [6.45, 7) is 0. The van der Waals surface area contributed by atoms with Crippen LogP contribution < -0.4 is 5.32 Å². The number of halogens is 2. The summed E-state index contributed by atoms with van der Waals surface area (Å²) in [6.07, 6.45) is 3.74. The van der Waals surface area contributed by atoms with Gasteiger partial charge in [0, 0.05) is 23.9 Å². The number of amides is 1. The van der Waals surface area contributed by atoms with Crippen LogP contribution in [-0.2, 0) is 18.3 Å². The van der Waals surface area contributed by atoms with E-state index in [2.05, 4.69) is 26.2 Å². The lowest BCUT2D eigenvalue weighted by Crippen LogP contribution is -2.32. The van der Waals surface area contributed by atoms with Crippen molar-refractivity contribution in [1.29, 1.82) is 0 Å². The van der Waals surface area contributed by atoms with Crippen LogP contribution in [0.4, 0.5) is 4.39 Å². The number of aromatic nitrogens is 2. The van der Waals surface area contributed by atoms with Gasteiger partial charge in [0.2, 0.25) is 5.91 Å². The first kappa shape index (κ1) is 17.4. The highest BCUT2D eigenvalue weighted by Gasteiger charge is 2.20. The summed E-state index contributed by atoms with van der Waals surface area (Å²) in [7, 11) is 1.86. The number of hydrogen-bond donors (Lipinski definition) is 1. The van der Waals surface area contributed by atoms with E-state index in [1.165, 1.54) is 12.1 Å². The topological polar surface area (TPSA) is 46.9 Å². The molecule has 0 aliphatic carbocycles. The van der Waals surface area contributed by atoms with E-state index < -0.39 is 6.04 Å². The van der Waals surface area contributed by atoms with Crippen LogP contribution in [0.25, 0.3) is 0 Å². The van der Waals surface area contributed by atoms with Crippen LogP contribution in [0, 0.1) is 5.82 Å². The van der Waals surface area contributed by atoms with Crippen LogP contribution in [0.1, 0.15) is 23.0 Å². The molecular weight excluding hydrogens is 385 g/mol. The number of carbonyl (C=O) groups is 1. The molecule has 0 saturated carbocycles. The maximum absolute atomic E-state index is 13.2. The largest absolute Gasteiger partial charge is 0.342 e. The molecule has 1 heterocycles. The Morgan fingerprint density at radius 1 is 1.20 bits per heavy atom. The van der Waals surface area contributed by atoms with Crippen molar-refractivity contribution in [3.8, 4) is 0 Å². The van der Waals surface area contributed by atoms with E-state index >= 15 is 0 Å². The molecule has 2 aromatic carbocycles. The van der Waals surface area contributed by atoms with Crippen molar-refractivity contribution >= 4 is 21.8 Å². The van der Waals surface area contributed by atoms with E-state index in [-0.39, 0.29) is 18.1 Å². The molecule has 0 radical (unpaired) electrons. The van der Waals surface area contributed by atoms with Gasteiger partial charge >= 0.3 is 0 Å². The first-order chi connectivity index (χ1) is 12.0. The highest BCUT2D eigenvalue weighted by atomic mass is 79.9. The third-order valence-corrected chi connectivity index (χ3v) is 4.43. The molecule has 3 rings (SSSR count). The number of imidazole rings is 1. The molecule has 0 saturated heterocycles. The molecule has 1 unspecified atom stereocenters. The fraction of sp³-hybridized carbons (Fsp3) is 0.158. The van der Waals surface area contributed by atoms with Crippen LogP contribution >= 0.6 is 15.9 Å². The van der Waals surface area contributed by atoms with E-state index in [0.717, 1.165) is 15.6 Å². The molecule has 1 aromatic heterocycles. The average Bonchev–Trinajstić information content (AvgIpc) is 3.01. The predicted molar refractivity (Wildman–Crippen MR) is 97.4 cm³/mol. The molecule has 1 amide bonds. The Balaban J connectivity index is 1.82. The Hall–Kier alpha value is -2.47. The van der Waals surface area contributed by atoms with Crippen molar-refractivity contribution in [1.82, 2.24) is 14.9 Å². The lowest BCUT2D eigenvalue weighted by Gasteiger charge is -2.19. The minimum Gasteiger partial charge on any atom is -0.342 e. The Bertz CT molecular complexity index is 859. The van der Waals surface area contributed by atoms with Gasteiger partial charge in [-0.05, 0) is 35.4 Å². The molecule has 0 aliphatic rings. The quantitative estimate of drug-likeness (QED) is 0.707. The second kappa shape index (κ2) is 7.61. The molecule has 0 fully saturated rings. The third kappa shape index (κ3) is 4.33. The molecule has 0 aliphatic heterocycles. The minimum absolute atomic E-state index is 0.125. The number of rotatable bonds is 5. The highest BCUT2D eigenvalue weighted by Crippen LogP contribution is 2.21. The molecule has 4 nitrogen and oxygen atoms in total. The van der Waals surface area contributed by atoms with Gasteiger partial charge in [-0.2, -0.15) is 0 Å². The molecule has 25 heavy (non-hydrogen) atoms. The fourth-order valence-electron chi connectivity index (χ4n) is 2.61. The average molecular weight is 402 g/mol. The van der Waals surface area contributed by atoms with E-state index in [1.54, 1.807) is 18.3 Å². The maximum Gasteiger partial charge on any atom is 0.225 e. The lowest BCUT2D eigenvalue weighted by atomic mass is 10.0. The van der Waals surface area contributed by atoms with E-state index in [0.29, 0.717) is 5.82 Å². The van der Waals surface area contributed by atoms with Gasteiger partial charge in [0.15, 0.2) is 0 Å². The predicted octanol–water partition coefficient (Wildman–Crippen LogP) is 3.77. The van der Waals surface area contributed by atoms with Crippen LogP contribution in [0.5, 0.6) is 0 Å². The van der Waals surface area contributed by atoms with Gasteiger partial charge in [0.05, 0.1) is 6.42 Å². The third-order valence-electron chi connectivity index (χ3n) is 3.90. The highest BCUT2D eigenvalue weighted by molar-refractivity contribution is 9.10. The van der Waals surface area contributed by atoms with Gasteiger partial charge < -0.3 is 9.88 Å². The second-order valence-electron chi connectivity index (χ2n) is 5.75. The van der Waals surface area contributed by atoms with E-state index in [4.69, 9.17) is 0 Å². The molecular formula is C19H17BrFN3O. The zero-order valence-corrected chi connectivity index (χ0v) is 15.2. The Labute approximate surface area is 153 Å². The summed E-state index contributed by atoms with van der Waals surface area (Å²) in [4.78, 5) is 16.9. The molecule has 6 heteroatoms. The summed E-state index contributed by atoms with van der Waals surface area (Å²) in [5, 5.41) is 3.00. The van der Waals surface area contributed by atoms with Gasteiger partial charge in [-0.25, -0.2) is 9.37 Å². The molecule has 3 aromatic rings. The molecule has 1 N–H and O–H groups in total. The standard InChI is InChI=1S/C19H17BrFN3O/c1-24-11-10-22-19(24)18(14-4-8-16(21)9-5-14)23-17(25)12-13-2-6-15(20)7-3-13/h2-11,18H,12H2,1H3,(H,23,25). The van der Waals surface area contributed by atoms with Gasteiger partial charge in [-0.15, -0.1) is 0 Å². The van der Waals surface area contributed by atoms with Crippen molar-refractivity contribution in [2.24, 2.45) is 7.05 Å². The van der Waals surface area contributed by atoms with E-state index in [9.17, 15) is 9.18 Å². The lowest BCUT2D eigenvalue weighted by molar-refractivity contribution is -0.121. The Kier molecular flexibility index (Phi) is 5.28. The summed E-state index contributed by atoms with van der Waals surface area (Å²) >= 11 is 3.38. The number of nitrogens with one attached hydrogen (secondary N) is 1. The first-order valence-electron chi connectivity index (χ1n) is 7.79. The number of carbonyl (C=O) groups excluding carboxylic acids is 1. The van der Waals surface area contributed by atoms with Crippen LogP contribution in [-0.4, -0.2) is 15.5 Å². The number of hydrogen-bond acceptors (Lipinski definition) is 2. The van der Waals surface area contributed by atoms with Gasteiger partial charge in [-0.3, -0.25) is 4.79 Å². The van der Waals surface area contributed by atoms with Gasteiger partial charge in [0.1, 0.15) is 17.7 Å². The van der Waals surface area contributed by atoms with Crippen molar-refractivity contribution in [3.63, 3.8) is 0 Å². The normalized spacial score (nSPS) is 12.0. The monoisotopic (exact) mass is 401 g/mol. The summed E-state index contributed by atoms with van der Waals surface area (Å²) in [5.74, 6) is 0.249. The van der Waals surface area contributed by atoms with Gasteiger partial charge in [0.25, 0.3) is 0 Å².